The molecule has 96 valence electrons. The molecule has 0 aromatic rings. The minimum absolute atomic E-state index is 0. The van der Waals surface area contributed by atoms with Gasteiger partial charge in [0, 0.05) is 24.2 Å². The molecule has 0 amide bonds. The lowest BCUT2D eigenvalue weighted by molar-refractivity contribution is -0.233. The zero-order chi connectivity index (χ0) is 11.0. The molecular weight excluding hydrogens is 216 g/mol. The second kappa shape index (κ2) is 3.12. The number of fused-ring (bicyclic) bond motifs is 1. The van der Waals surface area contributed by atoms with Crippen molar-refractivity contribution >= 4 is 5.78 Å². The Bertz CT molecular complexity index is 372. The van der Waals surface area contributed by atoms with E-state index in [0.29, 0.717) is 11.7 Å². The number of hydrogen-bond acceptors (Lipinski definition) is 3. The summed E-state index contributed by atoms with van der Waals surface area (Å²) in [6.45, 7) is 3.76. The summed E-state index contributed by atoms with van der Waals surface area (Å²) >= 11 is 0. The molecule has 3 nitrogen and oxygen atoms in total. The summed E-state index contributed by atoms with van der Waals surface area (Å²) in [5.74, 6) is 0.480. The number of carbonyl (C=O) groups is 1. The third kappa shape index (κ3) is 1.04. The molecule has 3 heteroatoms. The highest BCUT2D eigenvalue weighted by atomic mass is 16.7. The standard InChI is InChI=1S/C13H18O3.CH4/c1-11-3-2-10(14)9-8-12(9,11)4-5-13(11)15-6-7-16-13;/h9H,2-8H2,1H3;1H4/t9-,11?,12?;/m1./s1. The number of ether oxygens (including phenoxy) is 2. The number of hydrogen-bond donors (Lipinski definition) is 0. The first-order valence-corrected chi connectivity index (χ1v) is 6.44. The summed E-state index contributed by atoms with van der Waals surface area (Å²) in [5.41, 5.74) is 0.335. The van der Waals surface area contributed by atoms with E-state index in [2.05, 4.69) is 6.92 Å². The Morgan fingerprint density at radius 3 is 2.59 bits per heavy atom. The Kier molecular flexibility index (Phi) is 2.14. The average Bonchev–Trinajstić information content (AvgIpc) is 2.76. The molecule has 0 N–H and O–H groups in total. The van der Waals surface area contributed by atoms with Crippen LogP contribution < -0.4 is 0 Å². The van der Waals surface area contributed by atoms with Crippen molar-refractivity contribution in [3.63, 3.8) is 0 Å². The summed E-state index contributed by atoms with van der Waals surface area (Å²) < 4.78 is 11.9. The molecule has 4 rings (SSSR count). The second-order valence-corrected chi connectivity index (χ2v) is 6.16. The topological polar surface area (TPSA) is 35.5 Å². The van der Waals surface area contributed by atoms with Crippen molar-refractivity contribution in [2.24, 2.45) is 16.7 Å². The molecule has 0 aromatic heterocycles. The first kappa shape index (κ1) is 11.7. The van der Waals surface area contributed by atoms with Gasteiger partial charge < -0.3 is 9.47 Å². The number of ketones is 1. The van der Waals surface area contributed by atoms with Gasteiger partial charge in [0.2, 0.25) is 0 Å². The van der Waals surface area contributed by atoms with Crippen LogP contribution >= 0.6 is 0 Å². The highest BCUT2D eigenvalue weighted by molar-refractivity contribution is 5.86. The number of Topliss-reactive ketones (excluding diaryl/α,β-unsaturated/α-hetero) is 1. The third-order valence-electron chi connectivity index (χ3n) is 5.93. The van der Waals surface area contributed by atoms with Crippen LogP contribution in [-0.2, 0) is 14.3 Å². The van der Waals surface area contributed by atoms with Gasteiger partial charge in [-0.1, -0.05) is 14.4 Å². The minimum Gasteiger partial charge on any atom is -0.347 e. The second-order valence-electron chi connectivity index (χ2n) is 6.16. The van der Waals surface area contributed by atoms with Crippen LogP contribution in [0.25, 0.3) is 0 Å². The predicted molar refractivity (Wildman–Crippen MR) is 63.5 cm³/mol. The molecule has 4 fully saturated rings. The molecular formula is C14H22O3. The van der Waals surface area contributed by atoms with Crippen LogP contribution in [0.3, 0.4) is 0 Å². The summed E-state index contributed by atoms with van der Waals surface area (Å²) in [5, 5.41) is 0. The van der Waals surface area contributed by atoms with Gasteiger partial charge in [0.25, 0.3) is 0 Å². The molecule has 0 radical (unpaired) electrons. The fourth-order valence-electron chi connectivity index (χ4n) is 4.84. The van der Waals surface area contributed by atoms with Crippen molar-refractivity contribution < 1.29 is 14.3 Å². The fourth-order valence-corrected chi connectivity index (χ4v) is 4.84. The van der Waals surface area contributed by atoms with E-state index in [0.717, 1.165) is 45.3 Å². The molecule has 4 aliphatic rings. The molecule has 2 unspecified atom stereocenters. The van der Waals surface area contributed by atoms with Gasteiger partial charge in [-0.2, -0.15) is 0 Å². The SMILES string of the molecule is C.CC12CCC(=O)[C@H]3CC31CCC21OCCO1. The first-order chi connectivity index (χ1) is 7.64. The molecule has 2 spiro atoms. The summed E-state index contributed by atoms with van der Waals surface area (Å²) in [7, 11) is 0. The summed E-state index contributed by atoms with van der Waals surface area (Å²) in [4.78, 5) is 11.8. The molecule has 3 aliphatic carbocycles. The molecule has 3 atom stereocenters. The Labute approximate surface area is 103 Å². The van der Waals surface area contributed by atoms with Crippen molar-refractivity contribution in [2.75, 3.05) is 13.2 Å². The van der Waals surface area contributed by atoms with Crippen LogP contribution in [0.4, 0.5) is 0 Å². The quantitative estimate of drug-likeness (QED) is 0.650. The zero-order valence-electron chi connectivity index (χ0n) is 9.75. The van der Waals surface area contributed by atoms with Crippen molar-refractivity contribution in [3.05, 3.63) is 0 Å². The Morgan fingerprint density at radius 1 is 1.18 bits per heavy atom. The van der Waals surface area contributed by atoms with E-state index in [4.69, 9.17) is 9.47 Å². The van der Waals surface area contributed by atoms with E-state index in [-0.39, 0.29) is 24.0 Å². The van der Waals surface area contributed by atoms with E-state index in [1.54, 1.807) is 0 Å². The Balaban J connectivity index is 0.000000902. The monoisotopic (exact) mass is 238 g/mol. The highest BCUT2D eigenvalue weighted by Crippen LogP contribution is 2.79. The lowest BCUT2D eigenvalue weighted by atomic mass is 9.65. The van der Waals surface area contributed by atoms with E-state index >= 15 is 0 Å². The predicted octanol–water partition coefficient (Wildman–Crippen LogP) is 2.53. The van der Waals surface area contributed by atoms with Crippen LogP contribution in [0.15, 0.2) is 0 Å². The summed E-state index contributed by atoms with van der Waals surface area (Å²) in [6.07, 6.45) is 4.91. The van der Waals surface area contributed by atoms with E-state index in [1.807, 2.05) is 0 Å². The van der Waals surface area contributed by atoms with Crippen LogP contribution in [0.1, 0.15) is 46.5 Å². The average molecular weight is 238 g/mol. The van der Waals surface area contributed by atoms with Gasteiger partial charge in [-0.15, -0.1) is 0 Å². The number of rotatable bonds is 0. The molecule has 17 heavy (non-hydrogen) atoms. The Hall–Kier alpha value is -0.410. The molecule has 1 aliphatic heterocycles. The van der Waals surface area contributed by atoms with Crippen molar-refractivity contribution in [1.29, 1.82) is 0 Å². The van der Waals surface area contributed by atoms with Gasteiger partial charge in [-0.05, 0) is 24.7 Å². The van der Waals surface area contributed by atoms with Gasteiger partial charge >= 0.3 is 0 Å². The fraction of sp³-hybridized carbons (Fsp3) is 0.929. The van der Waals surface area contributed by atoms with Gasteiger partial charge in [0.1, 0.15) is 5.78 Å². The van der Waals surface area contributed by atoms with Gasteiger partial charge in [0.05, 0.1) is 13.2 Å². The highest BCUT2D eigenvalue weighted by Gasteiger charge is 2.79. The first-order valence-electron chi connectivity index (χ1n) is 6.44. The third-order valence-corrected chi connectivity index (χ3v) is 5.93. The maximum atomic E-state index is 11.8. The van der Waals surface area contributed by atoms with Crippen molar-refractivity contribution in [1.82, 2.24) is 0 Å². The maximum Gasteiger partial charge on any atom is 0.174 e. The molecule has 1 heterocycles. The van der Waals surface area contributed by atoms with Crippen LogP contribution in [0, 0.1) is 16.7 Å². The van der Waals surface area contributed by atoms with Crippen molar-refractivity contribution in [3.8, 4) is 0 Å². The van der Waals surface area contributed by atoms with E-state index in [1.165, 1.54) is 0 Å². The lowest BCUT2D eigenvalue weighted by Gasteiger charge is -2.45. The lowest BCUT2D eigenvalue weighted by Crippen LogP contribution is -2.49. The minimum atomic E-state index is -0.345. The zero-order valence-corrected chi connectivity index (χ0v) is 9.75. The van der Waals surface area contributed by atoms with Crippen LogP contribution in [-0.4, -0.2) is 24.8 Å². The van der Waals surface area contributed by atoms with Gasteiger partial charge in [-0.3, -0.25) is 4.79 Å². The van der Waals surface area contributed by atoms with Gasteiger partial charge in [0.15, 0.2) is 5.79 Å². The van der Waals surface area contributed by atoms with Gasteiger partial charge in [-0.25, -0.2) is 0 Å². The molecule has 0 aromatic carbocycles. The number of carbonyl (C=O) groups excluding carboxylic acids is 1. The maximum absolute atomic E-state index is 11.8. The molecule has 3 saturated carbocycles. The smallest absolute Gasteiger partial charge is 0.174 e. The largest absolute Gasteiger partial charge is 0.347 e. The molecule has 0 bridgehead atoms. The normalized spacial score (nSPS) is 49.7. The Morgan fingerprint density at radius 2 is 1.88 bits per heavy atom. The van der Waals surface area contributed by atoms with Crippen molar-refractivity contribution in [2.45, 2.75) is 52.2 Å². The van der Waals surface area contributed by atoms with Crippen LogP contribution in [0.2, 0.25) is 0 Å². The van der Waals surface area contributed by atoms with E-state index < -0.39 is 0 Å². The molecule has 1 saturated heterocycles. The van der Waals surface area contributed by atoms with E-state index in [9.17, 15) is 4.79 Å². The van der Waals surface area contributed by atoms with Crippen LogP contribution in [0.5, 0.6) is 0 Å². The summed E-state index contributed by atoms with van der Waals surface area (Å²) in [6, 6.07) is 0.